The lowest BCUT2D eigenvalue weighted by Crippen LogP contribution is -1.77. The molecule has 0 saturated heterocycles. The molecule has 1 aromatic carbocycles. The van der Waals surface area contributed by atoms with Gasteiger partial charge in [-0.05, 0) is 18.2 Å². The van der Waals surface area contributed by atoms with Crippen LogP contribution < -0.4 is 5.73 Å². The molecule has 80 valence electrons. The highest BCUT2D eigenvalue weighted by Crippen LogP contribution is 2.34. The molecule has 3 aromatic rings. The minimum atomic E-state index is 0.579. The highest BCUT2D eigenvalue weighted by molar-refractivity contribution is 9.10. The van der Waals surface area contributed by atoms with Gasteiger partial charge in [-0.1, -0.05) is 27.3 Å². The Morgan fingerprint density at radius 2 is 2.12 bits per heavy atom. The summed E-state index contributed by atoms with van der Waals surface area (Å²) in [5, 5.41) is 1.55. The summed E-state index contributed by atoms with van der Waals surface area (Å²) in [4.78, 5) is 9.61. The topological polar surface area (TPSA) is 51.8 Å². The molecule has 0 radical (unpaired) electrons. The van der Waals surface area contributed by atoms with Crippen molar-refractivity contribution in [2.75, 3.05) is 5.73 Å². The average molecular weight is 312 g/mol. The highest BCUT2D eigenvalue weighted by atomic mass is 79.9. The van der Waals surface area contributed by atoms with Crippen molar-refractivity contribution in [1.82, 2.24) is 9.97 Å². The lowest BCUT2D eigenvalue weighted by Gasteiger charge is -1.86. The van der Waals surface area contributed by atoms with Crippen molar-refractivity contribution >= 4 is 54.0 Å². The number of benzene rings is 1. The van der Waals surface area contributed by atoms with Crippen molar-refractivity contribution in [2.24, 2.45) is 0 Å². The first-order valence-corrected chi connectivity index (χ1v) is 6.93. The summed E-state index contributed by atoms with van der Waals surface area (Å²) >= 11 is 6.57. The Balaban J connectivity index is 2.18. The van der Waals surface area contributed by atoms with E-state index in [1.54, 1.807) is 17.5 Å². The second-order valence-corrected chi connectivity index (χ2v) is 6.20. The van der Waals surface area contributed by atoms with Gasteiger partial charge in [0.2, 0.25) is 0 Å². The summed E-state index contributed by atoms with van der Waals surface area (Å²) in [6, 6.07) is 6.07. The van der Waals surface area contributed by atoms with Crippen LogP contribution in [0.25, 0.3) is 20.1 Å². The highest BCUT2D eigenvalue weighted by Gasteiger charge is 2.09. The van der Waals surface area contributed by atoms with E-state index in [4.69, 9.17) is 5.73 Å². The first kappa shape index (κ1) is 10.2. The minimum absolute atomic E-state index is 0.579. The number of thiazole rings is 2. The quantitative estimate of drug-likeness (QED) is 0.744. The predicted molar refractivity (Wildman–Crippen MR) is 72.8 cm³/mol. The smallest absolute Gasteiger partial charge is 0.180 e. The van der Waals surface area contributed by atoms with Gasteiger partial charge in [0.1, 0.15) is 5.01 Å². The van der Waals surface area contributed by atoms with Gasteiger partial charge in [0.05, 0.1) is 21.3 Å². The summed E-state index contributed by atoms with van der Waals surface area (Å²) in [5.41, 5.74) is 6.62. The number of halogens is 1. The van der Waals surface area contributed by atoms with E-state index in [0.29, 0.717) is 5.13 Å². The standard InChI is InChI=1S/C10H6BrN3S2/c11-5-1-2-6-7(3-5)15-9(14-6)8-4-13-10(12)16-8/h1-4H,(H2,12,13). The lowest BCUT2D eigenvalue weighted by molar-refractivity contribution is 1.41. The van der Waals surface area contributed by atoms with E-state index in [2.05, 4.69) is 32.0 Å². The molecule has 2 aromatic heterocycles. The van der Waals surface area contributed by atoms with Gasteiger partial charge in [-0.25, -0.2) is 9.97 Å². The van der Waals surface area contributed by atoms with Gasteiger partial charge in [0, 0.05) is 4.47 Å². The molecule has 6 heteroatoms. The molecule has 0 aliphatic heterocycles. The Hall–Kier alpha value is -0.980. The largest absolute Gasteiger partial charge is 0.375 e. The number of aromatic nitrogens is 2. The summed E-state index contributed by atoms with van der Waals surface area (Å²) in [7, 11) is 0. The summed E-state index contributed by atoms with van der Waals surface area (Å²) in [6.07, 6.45) is 1.77. The third kappa shape index (κ3) is 1.73. The molecule has 0 fully saturated rings. The Bertz CT molecular complexity index is 659. The SMILES string of the molecule is Nc1ncc(-c2nc3ccc(Br)cc3s2)s1. The van der Waals surface area contributed by atoms with Crippen LogP contribution >= 0.6 is 38.6 Å². The molecule has 2 heterocycles. The fourth-order valence-electron chi connectivity index (χ4n) is 1.39. The van der Waals surface area contributed by atoms with Crippen molar-refractivity contribution < 1.29 is 0 Å². The van der Waals surface area contributed by atoms with Gasteiger partial charge in [-0.15, -0.1) is 11.3 Å². The van der Waals surface area contributed by atoms with Gasteiger partial charge >= 0.3 is 0 Å². The zero-order chi connectivity index (χ0) is 11.1. The third-order valence-electron chi connectivity index (χ3n) is 2.08. The molecular formula is C10H6BrN3S2. The van der Waals surface area contributed by atoms with E-state index in [1.807, 2.05) is 12.1 Å². The Labute approximate surface area is 108 Å². The molecule has 0 amide bonds. The van der Waals surface area contributed by atoms with Crippen LogP contribution in [0.15, 0.2) is 28.9 Å². The van der Waals surface area contributed by atoms with Crippen LogP contribution in [0.1, 0.15) is 0 Å². The van der Waals surface area contributed by atoms with E-state index >= 15 is 0 Å². The minimum Gasteiger partial charge on any atom is -0.375 e. The molecule has 0 aliphatic carbocycles. The zero-order valence-electron chi connectivity index (χ0n) is 7.98. The maximum atomic E-state index is 5.61. The van der Waals surface area contributed by atoms with Crippen LogP contribution in [-0.2, 0) is 0 Å². The fraction of sp³-hybridized carbons (Fsp3) is 0. The van der Waals surface area contributed by atoms with Gasteiger partial charge < -0.3 is 5.73 Å². The number of nitrogens with two attached hydrogens (primary N) is 1. The van der Waals surface area contributed by atoms with E-state index in [9.17, 15) is 0 Å². The molecular weight excluding hydrogens is 306 g/mol. The molecule has 0 unspecified atom stereocenters. The fourth-order valence-corrected chi connectivity index (χ4v) is 3.63. The number of nitrogen functional groups attached to an aromatic ring is 1. The molecule has 2 N–H and O–H groups in total. The first-order valence-electron chi connectivity index (χ1n) is 4.50. The molecule has 0 bridgehead atoms. The van der Waals surface area contributed by atoms with Crippen LogP contribution in [0.4, 0.5) is 5.13 Å². The maximum Gasteiger partial charge on any atom is 0.180 e. The van der Waals surface area contributed by atoms with E-state index in [0.717, 1.165) is 24.6 Å². The average Bonchev–Trinajstić information content (AvgIpc) is 2.83. The van der Waals surface area contributed by atoms with Gasteiger partial charge in [-0.2, -0.15) is 0 Å². The molecule has 0 saturated carbocycles. The van der Waals surface area contributed by atoms with Crippen molar-refractivity contribution in [3.63, 3.8) is 0 Å². The number of rotatable bonds is 1. The molecule has 16 heavy (non-hydrogen) atoms. The van der Waals surface area contributed by atoms with Gasteiger partial charge in [0.25, 0.3) is 0 Å². The Kier molecular flexibility index (Phi) is 2.42. The van der Waals surface area contributed by atoms with Gasteiger partial charge in [-0.3, -0.25) is 0 Å². The lowest BCUT2D eigenvalue weighted by atomic mass is 10.3. The third-order valence-corrected chi connectivity index (χ3v) is 4.59. The number of hydrogen-bond acceptors (Lipinski definition) is 5. The molecule has 3 rings (SSSR count). The Morgan fingerprint density at radius 1 is 1.25 bits per heavy atom. The number of anilines is 1. The molecule has 0 spiro atoms. The van der Waals surface area contributed by atoms with Crippen molar-refractivity contribution in [2.45, 2.75) is 0 Å². The van der Waals surface area contributed by atoms with Gasteiger partial charge in [0.15, 0.2) is 5.13 Å². The molecule has 3 nitrogen and oxygen atoms in total. The summed E-state index contributed by atoms with van der Waals surface area (Å²) in [6.45, 7) is 0. The second kappa shape index (κ2) is 3.80. The first-order chi connectivity index (χ1) is 7.72. The monoisotopic (exact) mass is 311 g/mol. The number of fused-ring (bicyclic) bond motifs is 1. The number of hydrogen-bond donors (Lipinski definition) is 1. The number of nitrogens with zero attached hydrogens (tertiary/aromatic N) is 2. The summed E-state index contributed by atoms with van der Waals surface area (Å²) in [5.74, 6) is 0. The van der Waals surface area contributed by atoms with Crippen LogP contribution in [0.5, 0.6) is 0 Å². The summed E-state index contributed by atoms with van der Waals surface area (Å²) < 4.78 is 2.23. The van der Waals surface area contributed by atoms with E-state index in [1.165, 1.54) is 11.3 Å². The van der Waals surface area contributed by atoms with E-state index < -0.39 is 0 Å². The molecule has 0 aliphatic rings. The van der Waals surface area contributed by atoms with Crippen molar-refractivity contribution in [1.29, 1.82) is 0 Å². The van der Waals surface area contributed by atoms with Crippen LogP contribution in [0.2, 0.25) is 0 Å². The van der Waals surface area contributed by atoms with E-state index in [-0.39, 0.29) is 0 Å². The van der Waals surface area contributed by atoms with Crippen LogP contribution in [-0.4, -0.2) is 9.97 Å². The van der Waals surface area contributed by atoms with Crippen molar-refractivity contribution in [3.8, 4) is 9.88 Å². The normalized spacial score (nSPS) is 11.1. The van der Waals surface area contributed by atoms with Crippen molar-refractivity contribution in [3.05, 3.63) is 28.9 Å². The predicted octanol–water partition coefficient (Wildman–Crippen LogP) is 3.76. The maximum absolute atomic E-state index is 5.61. The van der Waals surface area contributed by atoms with Crippen LogP contribution in [0, 0.1) is 0 Å². The molecule has 0 atom stereocenters. The zero-order valence-corrected chi connectivity index (χ0v) is 11.2. The van der Waals surface area contributed by atoms with Crippen LogP contribution in [0.3, 0.4) is 0 Å². The second-order valence-electron chi connectivity index (χ2n) is 3.19. The Morgan fingerprint density at radius 3 is 2.88 bits per heavy atom.